The van der Waals surface area contributed by atoms with Gasteiger partial charge in [-0.1, -0.05) is 157 Å². The first-order chi connectivity index (χ1) is 32.1. The molecular formula is C60H50Cl2N2S2SiZr-2. The third-order valence-electron chi connectivity index (χ3n) is 12.0. The Hall–Kier alpha value is -5.04. The average Bonchev–Trinajstić information content (AvgIpc) is 3.90. The molecule has 0 fully saturated rings. The molecule has 0 aliphatic carbocycles. The van der Waals surface area contributed by atoms with Crippen molar-refractivity contribution in [2.45, 2.75) is 60.4 Å². The van der Waals surface area contributed by atoms with Crippen molar-refractivity contribution in [3.8, 4) is 22.3 Å². The molecule has 10 aromatic rings. The van der Waals surface area contributed by atoms with Crippen LogP contribution in [-0.4, -0.2) is 5.43 Å². The molecule has 2 nitrogen and oxygen atoms in total. The van der Waals surface area contributed by atoms with Crippen LogP contribution in [0.2, 0.25) is 13.1 Å². The second-order valence-electron chi connectivity index (χ2n) is 17.5. The van der Waals surface area contributed by atoms with E-state index in [2.05, 4.69) is 245 Å². The van der Waals surface area contributed by atoms with E-state index in [0.717, 1.165) is 0 Å². The quantitative estimate of drug-likeness (QED) is 0.128. The summed E-state index contributed by atoms with van der Waals surface area (Å²) in [5, 5.41) is 5.17. The molecule has 0 N–H and O–H groups in total. The molecule has 0 radical (unpaired) electrons. The molecule has 2 heterocycles. The summed E-state index contributed by atoms with van der Waals surface area (Å²) in [6.45, 7) is 13.3. The molecule has 0 amide bonds. The molecule has 0 spiro atoms. The van der Waals surface area contributed by atoms with Crippen molar-refractivity contribution in [1.29, 1.82) is 0 Å². The van der Waals surface area contributed by atoms with Gasteiger partial charge in [-0.25, -0.2) is 0 Å². The molecule has 0 saturated heterocycles. The zero-order chi connectivity index (χ0) is 45.5. The SMILES string of the molecule is C[Si](C)=[Zr+2].Cc1ccc(-c2cc(N3c4ccccc4Sc4ccccc43)c3cc(C)[cH-]c3c2)cc1.Cc1ccc(-c2cc(N3c4ccccc4Sc4ccccc43)c3cc(C)[cH-]c3c2)cc1.[Cl-].[Cl-]. The van der Waals surface area contributed by atoms with Crippen molar-refractivity contribution in [2.24, 2.45) is 0 Å². The van der Waals surface area contributed by atoms with Crippen molar-refractivity contribution < 1.29 is 48.1 Å². The molecular weight excluding hydrogens is 1000 g/mol. The zero-order valence-electron chi connectivity index (χ0n) is 38.9. The van der Waals surface area contributed by atoms with Gasteiger partial charge in [0, 0.05) is 31.0 Å². The van der Waals surface area contributed by atoms with E-state index < -0.39 is 0 Å². The number of hydrogen-bond acceptors (Lipinski definition) is 4. The van der Waals surface area contributed by atoms with E-state index in [-0.39, 0.29) is 30.2 Å². The van der Waals surface area contributed by atoms with Crippen molar-refractivity contribution >= 4 is 84.6 Å². The normalized spacial score (nSPS) is 11.9. The van der Waals surface area contributed by atoms with Crippen molar-refractivity contribution in [1.82, 2.24) is 0 Å². The van der Waals surface area contributed by atoms with E-state index >= 15 is 0 Å². The van der Waals surface area contributed by atoms with Crippen LogP contribution in [0.4, 0.5) is 34.1 Å². The summed E-state index contributed by atoms with van der Waals surface area (Å²) >= 11 is 5.44. The molecule has 336 valence electrons. The number of rotatable bonds is 4. The topological polar surface area (TPSA) is 6.48 Å². The van der Waals surface area contributed by atoms with Crippen molar-refractivity contribution in [3.05, 3.63) is 216 Å². The van der Waals surface area contributed by atoms with E-state index in [4.69, 9.17) is 0 Å². The number of anilines is 6. The Labute approximate surface area is 437 Å². The van der Waals surface area contributed by atoms with Gasteiger partial charge in [0.15, 0.2) is 0 Å². The van der Waals surface area contributed by atoms with Crippen LogP contribution >= 0.6 is 23.5 Å². The zero-order valence-corrected chi connectivity index (χ0v) is 45.5. The maximum absolute atomic E-state index is 2.45. The van der Waals surface area contributed by atoms with Crippen LogP contribution in [0.5, 0.6) is 0 Å². The van der Waals surface area contributed by atoms with Crippen LogP contribution in [0.3, 0.4) is 0 Å². The molecule has 0 atom stereocenters. The molecule has 68 heavy (non-hydrogen) atoms. The predicted octanol–water partition coefficient (Wildman–Crippen LogP) is 12.3. The second-order valence-corrected chi connectivity index (χ2v) is 29.1. The van der Waals surface area contributed by atoms with Crippen molar-refractivity contribution in [2.75, 3.05) is 9.80 Å². The van der Waals surface area contributed by atoms with E-state index in [1.807, 2.05) is 23.5 Å². The van der Waals surface area contributed by atoms with Gasteiger partial charge < -0.3 is 34.6 Å². The molecule has 0 saturated carbocycles. The minimum Gasteiger partial charge on any atom is -1.00 e. The Kier molecular flexibility index (Phi) is 15.5. The third kappa shape index (κ3) is 10.1. The Morgan fingerprint density at radius 2 is 0.676 bits per heavy atom. The maximum atomic E-state index is 2.45. The maximum Gasteiger partial charge on any atom is 0.0592 e. The Morgan fingerprint density at radius 1 is 0.382 bits per heavy atom. The molecule has 10 aromatic carbocycles. The van der Waals surface area contributed by atoms with E-state index in [9.17, 15) is 0 Å². The van der Waals surface area contributed by atoms with Crippen LogP contribution in [0, 0.1) is 27.7 Å². The van der Waals surface area contributed by atoms with Gasteiger partial charge in [0.1, 0.15) is 0 Å². The molecule has 8 heteroatoms. The Bertz CT molecular complexity index is 3110. The average molecular weight is 1050 g/mol. The summed E-state index contributed by atoms with van der Waals surface area (Å²) in [5.41, 5.74) is 17.8. The smallest absolute Gasteiger partial charge is 0.0592 e. The summed E-state index contributed by atoms with van der Waals surface area (Å²) in [7, 11) is 0. The Balaban J connectivity index is 0.000000166. The number of halogens is 2. The number of fused-ring (bicyclic) bond motifs is 6. The van der Waals surface area contributed by atoms with Crippen LogP contribution in [0.15, 0.2) is 214 Å². The third-order valence-corrected chi connectivity index (χ3v) is 14.3. The van der Waals surface area contributed by atoms with E-state index in [1.54, 1.807) is 23.3 Å². The molecule has 0 unspecified atom stereocenters. The van der Waals surface area contributed by atoms with Gasteiger partial charge in [-0.05, 0) is 85.6 Å². The van der Waals surface area contributed by atoms with E-state index in [1.165, 1.54) is 120 Å². The summed E-state index contributed by atoms with van der Waals surface area (Å²) in [5.74, 6) is 0. The fourth-order valence-corrected chi connectivity index (χ4v) is 11.1. The van der Waals surface area contributed by atoms with E-state index in [0.29, 0.717) is 0 Å². The van der Waals surface area contributed by atoms with Crippen molar-refractivity contribution in [3.63, 3.8) is 0 Å². The molecule has 2 aliphatic rings. The molecule has 0 aromatic heterocycles. The predicted molar refractivity (Wildman–Crippen MR) is 284 cm³/mol. The summed E-state index contributed by atoms with van der Waals surface area (Å²) in [4.78, 5) is 10.1. The largest absolute Gasteiger partial charge is 1.00 e. The van der Waals surface area contributed by atoms with Gasteiger partial charge in [-0.2, -0.15) is 12.1 Å². The van der Waals surface area contributed by atoms with Gasteiger partial charge in [0.2, 0.25) is 0 Å². The molecule has 0 bridgehead atoms. The number of hydrogen-bond donors (Lipinski definition) is 0. The molecule has 2 aliphatic heterocycles. The fraction of sp³-hybridized carbons (Fsp3) is 0.100. The van der Waals surface area contributed by atoms with Crippen LogP contribution < -0.4 is 34.6 Å². The van der Waals surface area contributed by atoms with Crippen LogP contribution in [0.25, 0.3) is 43.8 Å². The number of benzene rings is 8. The van der Waals surface area contributed by atoms with Gasteiger partial charge in [0.25, 0.3) is 0 Å². The first-order valence-electron chi connectivity index (χ1n) is 22.5. The number of aryl methyl sites for hydroxylation is 4. The second kappa shape index (κ2) is 21.3. The summed E-state index contributed by atoms with van der Waals surface area (Å²) in [6, 6.07) is 71.2. The first-order valence-corrected chi connectivity index (χ1v) is 30.3. The fourth-order valence-electron chi connectivity index (χ4n) is 9.03. The Morgan fingerprint density at radius 3 is 0.985 bits per heavy atom. The van der Waals surface area contributed by atoms with Gasteiger partial charge in [-0.3, -0.25) is 0 Å². The van der Waals surface area contributed by atoms with Gasteiger partial charge >= 0.3 is 41.9 Å². The number of para-hydroxylation sites is 4. The summed E-state index contributed by atoms with van der Waals surface area (Å²) < 4.78 is 0. The minimum absolute atomic E-state index is 0. The monoisotopic (exact) mass is 1050 g/mol. The van der Waals surface area contributed by atoms with Gasteiger partial charge in [-0.15, -0.1) is 56.9 Å². The first kappa shape index (κ1) is 49.4. The van der Waals surface area contributed by atoms with Gasteiger partial charge in [0.05, 0.1) is 22.7 Å². The van der Waals surface area contributed by atoms with Crippen LogP contribution in [0.1, 0.15) is 22.3 Å². The standard InChI is InChI=1S/2C29H22NS.C2H6Si.2ClH.Zr/c2*1-19-11-13-21(14-12-19)22-17-23-15-20(2)16-24(23)27(18-22)30-25-7-3-5-9-28(25)31-29-10-6-4-8-26(29)30;1-3-2;;;/h2*3-18H,1-2H3;1-2H3;2*1H;/q2*-1;;;;+2/p-2. The number of nitrogens with zero attached hydrogens (tertiary/aromatic N) is 2. The van der Waals surface area contributed by atoms with Crippen LogP contribution in [-0.2, 0) is 23.3 Å². The molecule has 12 rings (SSSR count). The minimum atomic E-state index is 0. The summed E-state index contributed by atoms with van der Waals surface area (Å²) in [6.07, 6.45) is 0.